The molecule has 1 amide bonds. The van der Waals surface area contributed by atoms with Crippen molar-refractivity contribution in [3.8, 4) is 0 Å². The number of hydrogen-bond donors (Lipinski definition) is 1. The number of nitrogens with one attached hydrogen (secondary N) is 1. The van der Waals surface area contributed by atoms with E-state index in [1.165, 1.54) is 0 Å². The van der Waals surface area contributed by atoms with Gasteiger partial charge in [0, 0.05) is 37.9 Å². The Kier molecular flexibility index (Phi) is 6.06. The van der Waals surface area contributed by atoms with Crippen LogP contribution in [-0.4, -0.2) is 54.0 Å². The second-order valence-electron chi connectivity index (χ2n) is 7.06. The summed E-state index contributed by atoms with van der Waals surface area (Å²) in [6.07, 6.45) is 1.75. The number of likely N-dealkylation sites (N-methyl/N-ethyl adjacent to an activating group) is 1. The Morgan fingerprint density at radius 1 is 1.07 bits per heavy atom. The Balaban J connectivity index is 1.85. The molecule has 1 aliphatic rings. The summed E-state index contributed by atoms with van der Waals surface area (Å²) < 4.78 is 0. The highest BCUT2D eigenvalue weighted by Gasteiger charge is 2.19. The minimum absolute atomic E-state index is 0.175. The molecule has 2 aromatic rings. The lowest BCUT2D eigenvalue weighted by atomic mass is 10.0. The van der Waals surface area contributed by atoms with E-state index in [1.807, 2.05) is 19.1 Å². The summed E-state index contributed by atoms with van der Waals surface area (Å²) >= 11 is 0. The lowest BCUT2D eigenvalue weighted by Gasteiger charge is -2.33. The Morgan fingerprint density at radius 2 is 1.70 bits per heavy atom. The van der Waals surface area contributed by atoms with Gasteiger partial charge in [0.2, 0.25) is 0 Å². The summed E-state index contributed by atoms with van der Waals surface area (Å²) in [5.74, 6) is 1.28. The number of benzene rings is 1. The minimum atomic E-state index is -0.175. The highest BCUT2D eigenvalue weighted by molar-refractivity contribution is 6.04. The average molecular weight is 367 g/mol. The molecule has 1 aromatic carbocycles. The zero-order valence-corrected chi connectivity index (χ0v) is 16.7. The van der Waals surface area contributed by atoms with E-state index in [0.717, 1.165) is 61.7 Å². The third kappa shape index (κ3) is 4.45. The van der Waals surface area contributed by atoms with Gasteiger partial charge in [-0.15, -0.1) is 0 Å². The van der Waals surface area contributed by atoms with Gasteiger partial charge in [-0.1, -0.05) is 32.0 Å². The van der Waals surface area contributed by atoms with E-state index in [1.54, 1.807) is 0 Å². The molecule has 0 saturated carbocycles. The number of amides is 1. The summed E-state index contributed by atoms with van der Waals surface area (Å²) in [6.45, 7) is 9.85. The molecular weight excluding hydrogens is 338 g/mol. The lowest BCUT2D eigenvalue weighted by molar-refractivity contribution is 0.102. The third-order valence-corrected chi connectivity index (χ3v) is 5.12. The van der Waals surface area contributed by atoms with E-state index in [0.29, 0.717) is 11.5 Å². The first-order valence-corrected chi connectivity index (χ1v) is 9.73. The van der Waals surface area contributed by atoms with Crippen LogP contribution in [0.4, 0.5) is 11.5 Å². The molecule has 1 fully saturated rings. The van der Waals surface area contributed by atoms with Crippen LogP contribution in [0.25, 0.3) is 0 Å². The Hall–Kier alpha value is -2.47. The fourth-order valence-corrected chi connectivity index (χ4v) is 3.45. The molecule has 6 heteroatoms. The number of piperazine rings is 1. The molecule has 0 bridgehead atoms. The van der Waals surface area contributed by atoms with Crippen LogP contribution in [0.15, 0.2) is 24.3 Å². The van der Waals surface area contributed by atoms with E-state index in [9.17, 15) is 4.79 Å². The van der Waals surface area contributed by atoms with E-state index in [-0.39, 0.29) is 5.91 Å². The summed E-state index contributed by atoms with van der Waals surface area (Å²) in [5.41, 5.74) is 3.63. The molecule has 144 valence electrons. The van der Waals surface area contributed by atoms with Crippen LogP contribution in [0.3, 0.4) is 0 Å². The molecule has 1 aromatic heterocycles. The molecule has 1 saturated heterocycles. The summed E-state index contributed by atoms with van der Waals surface area (Å²) in [4.78, 5) is 26.4. The number of rotatable bonds is 5. The smallest absolute Gasteiger partial charge is 0.274 e. The summed E-state index contributed by atoms with van der Waals surface area (Å²) in [5, 5.41) is 3.11. The van der Waals surface area contributed by atoms with Gasteiger partial charge in [0.05, 0.1) is 0 Å². The highest BCUT2D eigenvalue weighted by Crippen LogP contribution is 2.24. The fourth-order valence-electron chi connectivity index (χ4n) is 3.45. The normalized spacial score (nSPS) is 15.0. The Morgan fingerprint density at radius 3 is 2.30 bits per heavy atom. The van der Waals surface area contributed by atoms with Gasteiger partial charge in [-0.2, -0.15) is 0 Å². The van der Waals surface area contributed by atoms with Crippen LogP contribution in [0.5, 0.6) is 0 Å². The predicted octanol–water partition coefficient (Wildman–Crippen LogP) is 2.91. The van der Waals surface area contributed by atoms with E-state index < -0.39 is 0 Å². The SMILES string of the molecule is CCc1cccc(CC)c1NC(=O)c1cc(N2CCN(C)CC2)nc(C)n1. The Labute approximate surface area is 161 Å². The number of nitrogens with zero attached hydrogens (tertiary/aromatic N) is 4. The van der Waals surface area contributed by atoms with Gasteiger partial charge in [0.1, 0.15) is 17.3 Å². The van der Waals surface area contributed by atoms with Crippen molar-refractivity contribution in [3.63, 3.8) is 0 Å². The maximum atomic E-state index is 13.0. The van der Waals surface area contributed by atoms with E-state index in [2.05, 4.69) is 58.1 Å². The molecule has 27 heavy (non-hydrogen) atoms. The van der Waals surface area contributed by atoms with Crippen LogP contribution >= 0.6 is 0 Å². The van der Waals surface area contributed by atoms with E-state index in [4.69, 9.17) is 0 Å². The van der Waals surface area contributed by atoms with Crippen LogP contribution in [-0.2, 0) is 12.8 Å². The van der Waals surface area contributed by atoms with Crippen molar-refractivity contribution < 1.29 is 4.79 Å². The van der Waals surface area contributed by atoms with Gasteiger partial charge >= 0.3 is 0 Å². The molecule has 0 atom stereocenters. The average Bonchev–Trinajstić information content (AvgIpc) is 2.68. The van der Waals surface area contributed by atoms with Gasteiger partial charge < -0.3 is 15.1 Å². The zero-order chi connectivity index (χ0) is 19.4. The largest absolute Gasteiger partial charge is 0.354 e. The number of anilines is 2. The first-order chi connectivity index (χ1) is 13.0. The number of aromatic nitrogens is 2. The summed E-state index contributed by atoms with van der Waals surface area (Å²) in [6, 6.07) is 7.99. The standard InChI is InChI=1S/C21H29N5O/c1-5-16-8-7-9-17(6-2)20(16)24-21(27)18-14-19(23-15(3)22-18)26-12-10-25(4)11-13-26/h7-9,14H,5-6,10-13H2,1-4H3,(H,24,27). The second-order valence-corrected chi connectivity index (χ2v) is 7.06. The maximum Gasteiger partial charge on any atom is 0.274 e. The van der Waals surface area contributed by atoms with Crippen molar-refractivity contribution in [2.45, 2.75) is 33.6 Å². The fraction of sp³-hybridized carbons (Fsp3) is 0.476. The van der Waals surface area contributed by atoms with Crippen molar-refractivity contribution in [3.05, 3.63) is 46.9 Å². The molecule has 6 nitrogen and oxygen atoms in total. The first kappa shape index (κ1) is 19.3. The van der Waals surface area contributed by atoms with Gasteiger partial charge in [-0.3, -0.25) is 4.79 Å². The molecular formula is C21H29N5O. The monoisotopic (exact) mass is 367 g/mol. The van der Waals surface area contributed by atoms with Crippen LogP contribution < -0.4 is 10.2 Å². The highest BCUT2D eigenvalue weighted by atomic mass is 16.1. The molecule has 1 N–H and O–H groups in total. The van der Waals surface area contributed by atoms with Crippen molar-refractivity contribution in [1.29, 1.82) is 0 Å². The molecule has 0 spiro atoms. The van der Waals surface area contributed by atoms with E-state index >= 15 is 0 Å². The van der Waals surface area contributed by atoms with Crippen molar-refractivity contribution in [2.75, 3.05) is 43.4 Å². The predicted molar refractivity (Wildman–Crippen MR) is 110 cm³/mol. The molecule has 3 rings (SSSR count). The summed E-state index contributed by atoms with van der Waals surface area (Å²) in [7, 11) is 2.12. The van der Waals surface area contributed by atoms with Crippen LogP contribution in [0.1, 0.15) is 41.3 Å². The second kappa shape index (κ2) is 8.48. The first-order valence-electron chi connectivity index (χ1n) is 9.73. The van der Waals surface area contributed by atoms with Gasteiger partial charge in [-0.05, 0) is 37.9 Å². The van der Waals surface area contributed by atoms with Crippen LogP contribution in [0.2, 0.25) is 0 Å². The maximum absolute atomic E-state index is 13.0. The number of aryl methyl sites for hydroxylation is 3. The molecule has 0 radical (unpaired) electrons. The third-order valence-electron chi connectivity index (χ3n) is 5.12. The van der Waals surface area contributed by atoms with Gasteiger partial charge in [0.15, 0.2) is 0 Å². The number of hydrogen-bond acceptors (Lipinski definition) is 5. The topological polar surface area (TPSA) is 61.4 Å². The molecule has 2 heterocycles. The number of carbonyl (C=O) groups is 1. The molecule has 0 unspecified atom stereocenters. The quantitative estimate of drug-likeness (QED) is 0.880. The minimum Gasteiger partial charge on any atom is -0.354 e. The van der Waals surface area contributed by atoms with Crippen LogP contribution in [0, 0.1) is 6.92 Å². The number of para-hydroxylation sites is 1. The molecule has 1 aliphatic heterocycles. The lowest BCUT2D eigenvalue weighted by Crippen LogP contribution is -2.45. The van der Waals surface area contributed by atoms with Crippen molar-refractivity contribution in [1.82, 2.24) is 14.9 Å². The van der Waals surface area contributed by atoms with Gasteiger partial charge in [-0.25, -0.2) is 9.97 Å². The number of carbonyl (C=O) groups excluding carboxylic acids is 1. The van der Waals surface area contributed by atoms with Gasteiger partial charge in [0.25, 0.3) is 5.91 Å². The molecule has 0 aliphatic carbocycles. The van der Waals surface area contributed by atoms with Crippen molar-refractivity contribution in [2.24, 2.45) is 0 Å². The zero-order valence-electron chi connectivity index (χ0n) is 16.7. The van der Waals surface area contributed by atoms with Crippen molar-refractivity contribution >= 4 is 17.4 Å². The Bertz CT molecular complexity index is 790.